The third kappa shape index (κ3) is 9.03. The molecule has 2 aliphatic heterocycles. The fraction of sp³-hybridized carbons (Fsp3) is 0.211. The van der Waals surface area contributed by atoms with Gasteiger partial charge in [-0.25, -0.2) is 0 Å². The van der Waals surface area contributed by atoms with Crippen LogP contribution in [0.1, 0.15) is 105 Å². The molecule has 1 aromatic heterocycles. The maximum absolute atomic E-state index is 7.34. The van der Waals surface area contributed by atoms with Crippen molar-refractivity contribution in [1.29, 1.82) is 0 Å². The standard InChI is InChI=1S/C76H72BN3O/c1-73(2,3)52-27-34-56(35-28-52)78(57-36-29-53(30-37-57)74(4,5)6)59-40-41-60-64-45-51(49-21-15-13-16-22-49)46-68-70(64)77(80(67(60)48-59)58-38-31-54(32-39-58)75(7,8)9)71-66(44-42-62-61-25-19-20-26-69(61)81-72(62)71)79(68)65-43-33-55(76(10,11)12)47-63(65)50-23-17-14-18-24-50/h13-48H,1-12H3. The van der Waals surface area contributed by atoms with Gasteiger partial charge in [0.2, 0.25) is 0 Å². The second kappa shape index (κ2) is 19.1. The van der Waals surface area contributed by atoms with Gasteiger partial charge in [-0.3, -0.25) is 0 Å². The zero-order valence-corrected chi connectivity index (χ0v) is 49.1. The van der Waals surface area contributed by atoms with E-state index >= 15 is 0 Å². The monoisotopic (exact) mass is 1050 g/mol. The summed E-state index contributed by atoms with van der Waals surface area (Å²) in [5, 5.41) is 2.21. The number of nitrogens with zero attached hydrogens (tertiary/aromatic N) is 3. The molecule has 0 fully saturated rings. The first-order valence-corrected chi connectivity index (χ1v) is 28.9. The number of rotatable bonds is 7. The predicted molar refractivity (Wildman–Crippen MR) is 348 cm³/mol. The fourth-order valence-electron chi connectivity index (χ4n) is 12.5. The van der Waals surface area contributed by atoms with E-state index < -0.39 is 0 Å². The quantitative estimate of drug-likeness (QED) is 0.148. The summed E-state index contributed by atoms with van der Waals surface area (Å²) < 4.78 is 7.34. The summed E-state index contributed by atoms with van der Waals surface area (Å²) in [7, 11) is 0. The van der Waals surface area contributed by atoms with Gasteiger partial charge in [-0.15, -0.1) is 0 Å². The van der Waals surface area contributed by atoms with E-state index in [-0.39, 0.29) is 28.5 Å². The summed E-state index contributed by atoms with van der Waals surface area (Å²) in [6, 6.07) is 82.3. The molecule has 11 aromatic rings. The lowest BCUT2D eigenvalue weighted by atomic mass is 9.43. The van der Waals surface area contributed by atoms with Gasteiger partial charge < -0.3 is 19.0 Å². The first-order chi connectivity index (χ1) is 38.7. The minimum Gasteiger partial charge on any atom is -0.456 e. The van der Waals surface area contributed by atoms with Crippen LogP contribution >= 0.6 is 0 Å². The number of benzene rings is 10. The molecule has 0 N–H and O–H groups in total. The van der Waals surface area contributed by atoms with Gasteiger partial charge in [0.1, 0.15) is 11.2 Å². The van der Waals surface area contributed by atoms with E-state index in [4.69, 9.17) is 4.42 Å². The molecule has 13 rings (SSSR count). The maximum Gasteiger partial charge on any atom is 0.336 e. The lowest BCUT2D eigenvalue weighted by Crippen LogP contribution is -2.61. The van der Waals surface area contributed by atoms with Crippen LogP contribution in [0.2, 0.25) is 0 Å². The van der Waals surface area contributed by atoms with Crippen LogP contribution in [0, 0.1) is 0 Å². The van der Waals surface area contributed by atoms with Gasteiger partial charge in [0.05, 0.1) is 5.69 Å². The fourth-order valence-corrected chi connectivity index (χ4v) is 12.5. The molecule has 0 spiro atoms. The number of anilines is 8. The van der Waals surface area contributed by atoms with Crippen molar-refractivity contribution < 1.29 is 4.42 Å². The van der Waals surface area contributed by atoms with Gasteiger partial charge in [-0.05, 0) is 163 Å². The van der Waals surface area contributed by atoms with E-state index in [9.17, 15) is 0 Å². The third-order valence-electron chi connectivity index (χ3n) is 17.1. The number of furan rings is 1. The van der Waals surface area contributed by atoms with Crippen LogP contribution in [-0.2, 0) is 21.7 Å². The number of fused-ring (bicyclic) bond motifs is 8. The van der Waals surface area contributed by atoms with E-state index in [1.165, 1.54) is 55.5 Å². The zero-order chi connectivity index (χ0) is 56.3. The number of para-hydroxylation sites is 1. The van der Waals surface area contributed by atoms with Crippen LogP contribution in [0.25, 0.3) is 55.3 Å². The van der Waals surface area contributed by atoms with Crippen molar-refractivity contribution in [2.45, 2.75) is 105 Å². The van der Waals surface area contributed by atoms with Gasteiger partial charge in [0, 0.05) is 67.2 Å². The molecule has 0 bridgehead atoms. The molecule has 0 saturated heterocycles. The van der Waals surface area contributed by atoms with Gasteiger partial charge in [0.25, 0.3) is 0 Å². The Morgan fingerprint density at radius 2 is 0.864 bits per heavy atom. The Bertz CT molecular complexity index is 4130. The van der Waals surface area contributed by atoms with Crippen molar-refractivity contribution in [3.8, 4) is 33.4 Å². The molecule has 3 heterocycles. The van der Waals surface area contributed by atoms with Crippen LogP contribution in [0.3, 0.4) is 0 Å². The third-order valence-corrected chi connectivity index (χ3v) is 17.1. The molecule has 5 heteroatoms. The summed E-state index contributed by atoms with van der Waals surface area (Å²) in [4.78, 5) is 7.66. The van der Waals surface area contributed by atoms with Crippen molar-refractivity contribution in [3.63, 3.8) is 0 Å². The molecule has 2 aliphatic rings. The molecule has 0 amide bonds. The van der Waals surface area contributed by atoms with Gasteiger partial charge >= 0.3 is 6.85 Å². The summed E-state index contributed by atoms with van der Waals surface area (Å²) in [5.41, 5.74) is 25.1. The molecule has 0 radical (unpaired) electrons. The van der Waals surface area contributed by atoms with E-state index in [1.807, 2.05) is 0 Å². The van der Waals surface area contributed by atoms with E-state index in [2.05, 4.69) is 316 Å². The molecular formula is C76H72BN3O. The van der Waals surface area contributed by atoms with Crippen LogP contribution < -0.4 is 25.5 Å². The Kier molecular flexibility index (Phi) is 12.2. The molecule has 0 saturated carbocycles. The summed E-state index contributed by atoms with van der Waals surface area (Å²) >= 11 is 0. The minimum atomic E-state index is -0.321. The van der Waals surface area contributed by atoms with E-state index in [1.54, 1.807) is 0 Å². The largest absolute Gasteiger partial charge is 0.456 e. The molecule has 0 aliphatic carbocycles. The SMILES string of the molecule is CC(C)(C)c1ccc(N2B3c4c(cc(-c5ccccc5)cc4N(c4ccc(C(C)(C)C)cc4-c4ccccc4)c4ccc5c(oc6ccccc65)c43)-c3ccc(N(c4ccc(C(C)(C)C)cc4)c4ccc(C(C)(C)C)cc4)cc32)cc1. The molecular weight excluding hydrogens is 982 g/mol. The number of hydrogen-bond donors (Lipinski definition) is 0. The highest BCUT2D eigenvalue weighted by Gasteiger charge is 2.48. The first-order valence-electron chi connectivity index (χ1n) is 28.9. The second-order valence-corrected chi connectivity index (χ2v) is 26.7. The predicted octanol–water partition coefficient (Wildman–Crippen LogP) is 20.3. The van der Waals surface area contributed by atoms with Crippen LogP contribution in [-0.4, -0.2) is 6.85 Å². The topological polar surface area (TPSA) is 22.9 Å². The lowest BCUT2D eigenvalue weighted by Gasteiger charge is -2.46. The number of hydrogen-bond acceptors (Lipinski definition) is 4. The van der Waals surface area contributed by atoms with Crippen molar-refractivity contribution in [2.75, 3.05) is 14.6 Å². The molecule has 400 valence electrons. The smallest absolute Gasteiger partial charge is 0.336 e. The van der Waals surface area contributed by atoms with Crippen molar-refractivity contribution in [1.82, 2.24) is 0 Å². The van der Waals surface area contributed by atoms with Crippen molar-refractivity contribution in [3.05, 3.63) is 241 Å². The zero-order valence-electron chi connectivity index (χ0n) is 49.1. The van der Waals surface area contributed by atoms with E-state index in [0.717, 1.165) is 78.5 Å². The Balaban J connectivity index is 1.16. The highest BCUT2D eigenvalue weighted by Crippen LogP contribution is 2.53. The summed E-state index contributed by atoms with van der Waals surface area (Å²) in [6.45, 7) is 27.2. The Morgan fingerprint density at radius 3 is 1.46 bits per heavy atom. The average molecular weight is 1050 g/mol. The first kappa shape index (κ1) is 51.9. The summed E-state index contributed by atoms with van der Waals surface area (Å²) in [6.07, 6.45) is 0. The van der Waals surface area contributed by atoms with Crippen LogP contribution in [0.5, 0.6) is 0 Å². The second-order valence-electron chi connectivity index (χ2n) is 26.7. The average Bonchev–Trinajstić information content (AvgIpc) is 3.46. The maximum atomic E-state index is 7.34. The Hall–Kier alpha value is -8.54. The summed E-state index contributed by atoms with van der Waals surface area (Å²) in [5.74, 6) is 0. The van der Waals surface area contributed by atoms with E-state index in [0.29, 0.717) is 0 Å². The Labute approximate surface area is 480 Å². The van der Waals surface area contributed by atoms with Gasteiger partial charge in [0.15, 0.2) is 0 Å². The van der Waals surface area contributed by atoms with Crippen LogP contribution in [0.4, 0.5) is 45.5 Å². The Morgan fingerprint density at radius 1 is 0.346 bits per heavy atom. The molecule has 4 nitrogen and oxygen atoms in total. The van der Waals surface area contributed by atoms with Crippen molar-refractivity contribution in [2.24, 2.45) is 0 Å². The highest BCUT2D eigenvalue weighted by atomic mass is 16.3. The highest BCUT2D eigenvalue weighted by molar-refractivity contribution is 6.95. The molecule has 81 heavy (non-hydrogen) atoms. The molecule has 0 unspecified atom stereocenters. The van der Waals surface area contributed by atoms with Gasteiger partial charge in [-0.1, -0.05) is 210 Å². The van der Waals surface area contributed by atoms with Crippen LogP contribution in [0.15, 0.2) is 223 Å². The molecule has 10 aromatic carbocycles. The minimum absolute atomic E-state index is 0.00748. The van der Waals surface area contributed by atoms with Gasteiger partial charge in [-0.2, -0.15) is 0 Å². The normalized spacial score (nSPS) is 13.4. The molecule has 0 atom stereocenters. The lowest BCUT2D eigenvalue weighted by molar-refractivity contribution is 0.590. The van der Waals surface area contributed by atoms with Crippen molar-refractivity contribution >= 4 is 85.2 Å².